The number of para-hydroxylation sites is 1. The lowest BCUT2D eigenvalue weighted by Crippen LogP contribution is -2.29. The van der Waals surface area contributed by atoms with Crippen molar-refractivity contribution in [3.05, 3.63) is 59.2 Å². The van der Waals surface area contributed by atoms with Gasteiger partial charge in [0.25, 0.3) is 0 Å². The molecular weight excluding hydrogens is 418 g/mol. The molecule has 0 amide bonds. The number of hydrogen-bond acceptors (Lipinski definition) is 1. The van der Waals surface area contributed by atoms with Crippen LogP contribution in [0, 0.1) is 0 Å². The highest BCUT2D eigenvalue weighted by Gasteiger charge is 2.37. The molecule has 31 heavy (non-hydrogen) atoms. The maximum atomic E-state index is 13.4. The topological polar surface area (TPSA) is 19.0 Å². The second-order valence-corrected chi connectivity index (χ2v) is 8.10. The summed E-state index contributed by atoms with van der Waals surface area (Å²) in [5, 5.41) is 0.815. The fraction of sp³-hybridized carbons (Fsp3) is 0.391. The number of aromatic nitrogens is 1. The van der Waals surface area contributed by atoms with E-state index in [0.717, 1.165) is 42.5 Å². The Labute approximate surface area is 175 Å². The van der Waals surface area contributed by atoms with Gasteiger partial charge in [-0.1, -0.05) is 18.2 Å². The van der Waals surface area contributed by atoms with E-state index < -0.39 is 23.5 Å². The molecule has 2 heterocycles. The number of nitrogens with one attached hydrogen (secondary N) is 1. The zero-order chi connectivity index (χ0) is 22.4. The Morgan fingerprint density at radius 2 is 1.61 bits per heavy atom. The van der Waals surface area contributed by atoms with Crippen molar-refractivity contribution in [2.45, 2.75) is 44.6 Å². The maximum absolute atomic E-state index is 13.4. The smallest absolute Gasteiger partial charge is 0.354 e. The lowest BCUT2D eigenvalue weighted by atomic mass is 9.98. The molecule has 1 aromatic heterocycles. The van der Waals surface area contributed by atoms with Gasteiger partial charge in [0.05, 0.1) is 11.1 Å². The van der Waals surface area contributed by atoms with E-state index in [4.69, 9.17) is 0 Å². The van der Waals surface area contributed by atoms with Crippen LogP contribution >= 0.6 is 0 Å². The average molecular weight is 440 g/mol. The summed E-state index contributed by atoms with van der Waals surface area (Å²) in [7, 11) is 0. The fourth-order valence-electron chi connectivity index (χ4n) is 4.39. The Bertz CT molecular complexity index is 1050. The third-order valence-corrected chi connectivity index (χ3v) is 6.03. The van der Waals surface area contributed by atoms with E-state index in [2.05, 4.69) is 16.8 Å². The molecule has 0 bridgehead atoms. The molecule has 1 aliphatic heterocycles. The van der Waals surface area contributed by atoms with Crippen molar-refractivity contribution >= 4 is 10.9 Å². The van der Waals surface area contributed by atoms with Gasteiger partial charge >= 0.3 is 12.4 Å². The Morgan fingerprint density at radius 3 is 2.19 bits per heavy atom. The second-order valence-electron chi connectivity index (χ2n) is 8.10. The summed E-state index contributed by atoms with van der Waals surface area (Å²) < 4.78 is 80.2. The summed E-state index contributed by atoms with van der Waals surface area (Å²) in [4.78, 5) is 5.38. The molecule has 2 nitrogen and oxygen atoms in total. The Morgan fingerprint density at radius 1 is 0.968 bits per heavy atom. The Kier molecular flexibility index (Phi) is 5.54. The molecule has 166 valence electrons. The molecule has 8 heteroatoms. The number of hydrogen-bond donors (Lipinski definition) is 1. The van der Waals surface area contributed by atoms with Gasteiger partial charge in [0.15, 0.2) is 0 Å². The lowest BCUT2D eigenvalue weighted by molar-refractivity contribution is -0.143. The number of halogens is 6. The van der Waals surface area contributed by atoms with Crippen LogP contribution in [0.2, 0.25) is 0 Å². The van der Waals surface area contributed by atoms with Crippen molar-refractivity contribution in [2.24, 2.45) is 0 Å². The summed E-state index contributed by atoms with van der Waals surface area (Å²) in [6.07, 6.45) is -7.06. The van der Waals surface area contributed by atoms with E-state index in [0.29, 0.717) is 30.2 Å². The number of H-pyrrole nitrogens is 1. The first-order valence-corrected chi connectivity index (χ1v) is 10.2. The predicted octanol–water partition coefficient (Wildman–Crippen LogP) is 6.90. The van der Waals surface area contributed by atoms with Gasteiger partial charge in [-0.05, 0) is 68.1 Å². The highest BCUT2D eigenvalue weighted by molar-refractivity contribution is 5.91. The maximum Gasteiger partial charge on any atom is 0.416 e. The third-order valence-electron chi connectivity index (χ3n) is 6.03. The first-order chi connectivity index (χ1) is 14.5. The molecule has 1 unspecified atom stereocenters. The molecule has 1 saturated heterocycles. The normalized spacial score (nSPS) is 18.2. The minimum atomic E-state index is -4.88. The van der Waals surface area contributed by atoms with Crippen LogP contribution in [-0.4, -0.2) is 29.0 Å². The number of aromatic amines is 1. The van der Waals surface area contributed by atoms with E-state index in [-0.39, 0.29) is 11.6 Å². The van der Waals surface area contributed by atoms with Crippen LogP contribution in [0.3, 0.4) is 0 Å². The number of benzene rings is 2. The SMILES string of the molecule is CC1CCCN1CCc1c(-c2cc(C(F)(F)F)cc(C(F)(F)F)c2)[nH]c2ccccc12. The summed E-state index contributed by atoms with van der Waals surface area (Å²) in [6.45, 7) is 3.77. The molecule has 4 rings (SSSR count). The van der Waals surface area contributed by atoms with Crippen molar-refractivity contribution in [3.63, 3.8) is 0 Å². The van der Waals surface area contributed by atoms with E-state index in [1.807, 2.05) is 12.1 Å². The predicted molar refractivity (Wildman–Crippen MR) is 108 cm³/mol. The van der Waals surface area contributed by atoms with Crippen LogP contribution in [-0.2, 0) is 18.8 Å². The number of rotatable bonds is 4. The fourth-order valence-corrected chi connectivity index (χ4v) is 4.39. The molecular formula is C23H22F6N2. The minimum absolute atomic E-state index is 0.108. The standard InChI is InChI=1S/C23H22F6N2/c1-14-5-4-9-31(14)10-8-19-18-6-2-3-7-20(18)30-21(19)15-11-16(22(24,25)26)13-17(12-15)23(27,28)29/h2-3,6-7,11-14,30H,4-5,8-10H2,1H3. The molecule has 0 aliphatic carbocycles. The van der Waals surface area contributed by atoms with E-state index in [9.17, 15) is 26.3 Å². The zero-order valence-electron chi connectivity index (χ0n) is 16.9. The third kappa shape index (κ3) is 4.44. The molecule has 1 aliphatic rings. The van der Waals surface area contributed by atoms with Crippen LogP contribution < -0.4 is 0 Å². The van der Waals surface area contributed by atoms with Crippen LogP contribution in [0.1, 0.15) is 36.5 Å². The molecule has 2 aromatic carbocycles. The van der Waals surface area contributed by atoms with Crippen molar-refractivity contribution < 1.29 is 26.3 Å². The van der Waals surface area contributed by atoms with Crippen molar-refractivity contribution in [1.82, 2.24) is 9.88 Å². The van der Waals surface area contributed by atoms with E-state index in [1.54, 1.807) is 12.1 Å². The second kappa shape index (κ2) is 7.89. The van der Waals surface area contributed by atoms with Crippen LogP contribution in [0.4, 0.5) is 26.3 Å². The number of likely N-dealkylation sites (tertiary alicyclic amines) is 1. The number of alkyl halides is 6. The highest BCUT2D eigenvalue weighted by Crippen LogP contribution is 2.40. The molecule has 1 fully saturated rings. The van der Waals surface area contributed by atoms with E-state index in [1.165, 1.54) is 0 Å². The van der Waals surface area contributed by atoms with Crippen LogP contribution in [0.15, 0.2) is 42.5 Å². The molecule has 3 aromatic rings. The van der Waals surface area contributed by atoms with Gasteiger partial charge in [-0.3, -0.25) is 0 Å². The van der Waals surface area contributed by atoms with Crippen LogP contribution in [0.5, 0.6) is 0 Å². The number of fused-ring (bicyclic) bond motifs is 1. The highest BCUT2D eigenvalue weighted by atomic mass is 19.4. The molecule has 0 radical (unpaired) electrons. The summed E-state index contributed by atoms with van der Waals surface area (Å²) in [5.74, 6) is 0. The first-order valence-electron chi connectivity index (χ1n) is 10.2. The Balaban J connectivity index is 1.83. The average Bonchev–Trinajstić information content (AvgIpc) is 3.27. The number of nitrogens with zero attached hydrogens (tertiary/aromatic N) is 1. The van der Waals surface area contributed by atoms with Gasteiger partial charge in [0.2, 0.25) is 0 Å². The summed E-state index contributed by atoms with van der Waals surface area (Å²) >= 11 is 0. The van der Waals surface area contributed by atoms with Gasteiger partial charge in [-0.15, -0.1) is 0 Å². The van der Waals surface area contributed by atoms with E-state index >= 15 is 0 Å². The van der Waals surface area contributed by atoms with Gasteiger partial charge in [0, 0.05) is 29.2 Å². The van der Waals surface area contributed by atoms with Crippen molar-refractivity contribution in [1.29, 1.82) is 0 Å². The zero-order valence-corrected chi connectivity index (χ0v) is 16.9. The monoisotopic (exact) mass is 440 g/mol. The van der Waals surface area contributed by atoms with Gasteiger partial charge < -0.3 is 9.88 Å². The lowest BCUT2D eigenvalue weighted by Gasteiger charge is -2.21. The summed E-state index contributed by atoms with van der Waals surface area (Å²) in [5.41, 5.74) is -0.993. The molecule has 1 N–H and O–H groups in total. The van der Waals surface area contributed by atoms with Gasteiger partial charge in [-0.2, -0.15) is 26.3 Å². The van der Waals surface area contributed by atoms with Gasteiger partial charge in [-0.25, -0.2) is 0 Å². The van der Waals surface area contributed by atoms with Gasteiger partial charge in [0.1, 0.15) is 0 Å². The first kappa shape index (κ1) is 21.7. The quantitative estimate of drug-likeness (QED) is 0.437. The molecule has 0 spiro atoms. The largest absolute Gasteiger partial charge is 0.416 e. The Hall–Kier alpha value is -2.48. The van der Waals surface area contributed by atoms with Crippen molar-refractivity contribution in [2.75, 3.05) is 13.1 Å². The minimum Gasteiger partial charge on any atom is -0.354 e. The van der Waals surface area contributed by atoms with Crippen molar-refractivity contribution in [3.8, 4) is 11.3 Å². The molecule has 0 saturated carbocycles. The summed E-state index contributed by atoms with van der Waals surface area (Å²) in [6, 6.07) is 9.38. The van der Waals surface area contributed by atoms with Crippen LogP contribution in [0.25, 0.3) is 22.2 Å². The molecule has 1 atom stereocenters.